The van der Waals surface area contributed by atoms with Crippen LogP contribution in [0.4, 0.5) is 0 Å². The molecule has 2 amide bonds. The van der Waals surface area contributed by atoms with Gasteiger partial charge in [-0.1, -0.05) is 12.8 Å². The molecule has 22 heavy (non-hydrogen) atoms. The number of nitrogens with zero attached hydrogens (tertiary/aromatic N) is 1. The van der Waals surface area contributed by atoms with E-state index in [0.29, 0.717) is 18.5 Å². The van der Waals surface area contributed by atoms with Crippen molar-refractivity contribution in [3.8, 4) is 0 Å². The maximum absolute atomic E-state index is 12.5. The number of carbonyl (C=O) groups is 2. The Labute approximate surface area is 142 Å². The molecule has 0 aromatic heterocycles. The molecule has 2 aliphatic heterocycles. The van der Waals surface area contributed by atoms with E-state index in [1.807, 2.05) is 4.90 Å². The molecule has 2 N–H and O–H groups in total. The van der Waals surface area contributed by atoms with Gasteiger partial charge in [-0.3, -0.25) is 9.59 Å². The zero-order valence-corrected chi connectivity index (χ0v) is 14.5. The van der Waals surface area contributed by atoms with Gasteiger partial charge in [0, 0.05) is 24.3 Å². The number of carbonyl (C=O) groups excluding carboxylic acids is 2. The van der Waals surface area contributed by atoms with E-state index in [4.69, 9.17) is 0 Å². The molecule has 2 atom stereocenters. The van der Waals surface area contributed by atoms with Crippen LogP contribution in [0.5, 0.6) is 0 Å². The number of amides is 2. The highest BCUT2D eigenvalue weighted by Gasteiger charge is 2.38. The average Bonchev–Trinajstić information content (AvgIpc) is 3.26. The Morgan fingerprint density at radius 3 is 2.64 bits per heavy atom. The number of nitrogens with one attached hydrogen (secondary N) is 2. The van der Waals surface area contributed by atoms with Crippen molar-refractivity contribution >= 4 is 36.0 Å². The highest BCUT2D eigenvalue weighted by Crippen LogP contribution is 2.30. The van der Waals surface area contributed by atoms with Gasteiger partial charge < -0.3 is 15.5 Å². The van der Waals surface area contributed by atoms with Gasteiger partial charge in [-0.15, -0.1) is 24.2 Å². The summed E-state index contributed by atoms with van der Waals surface area (Å²) in [6, 6.07) is 0.145. The fourth-order valence-electron chi connectivity index (χ4n) is 3.56. The van der Waals surface area contributed by atoms with Crippen LogP contribution in [0.25, 0.3) is 0 Å². The summed E-state index contributed by atoms with van der Waals surface area (Å²) < 4.78 is 0. The summed E-state index contributed by atoms with van der Waals surface area (Å²) in [6.07, 6.45) is 6.63. The molecule has 3 rings (SSSR count). The molecule has 5 nitrogen and oxygen atoms in total. The van der Waals surface area contributed by atoms with Gasteiger partial charge in [0.25, 0.3) is 0 Å². The first-order valence-electron chi connectivity index (χ1n) is 8.15. The monoisotopic (exact) mass is 347 g/mol. The van der Waals surface area contributed by atoms with Crippen LogP contribution in [0.3, 0.4) is 0 Å². The van der Waals surface area contributed by atoms with E-state index in [1.165, 1.54) is 6.42 Å². The molecule has 3 aliphatic rings. The minimum atomic E-state index is -0.260. The third kappa shape index (κ3) is 4.09. The SMILES string of the molecule is Cl.O=C(NCC1CCCN1)C1CSCN1C(=O)C1CCCC1. The third-order valence-electron chi connectivity index (χ3n) is 4.86. The summed E-state index contributed by atoms with van der Waals surface area (Å²) in [5.74, 6) is 1.81. The fourth-order valence-corrected chi connectivity index (χ4v) is 4.72. The Morgan fingerprint density at radius 1 is 1.18 bits per heavy atom. The quantitative estimate of drug-likeness (QED) is 0.806. The van der Waals surface area contributed by atoms with Gasteiger partial charge in [0.05, 0.1) is 5.88 Å². The minimum absolute atomic E-state index is 0. The molecule has 2 unspecified atom stereocenters. The van der Waals surface area contributed by atoms with E-state index in [-0.39, 0.29) is 36.2 Å². The van der Waals surface area contributed by atoms with Crippen molar-refractivity contribution in [2.24, 2.45) is 5.92 Å². The minimum Gasteiger partial charge on any atom is -0.353 e. The number of thioether (sulfide) groups is 1. The van der Waals surface area contributed by atoms with Crippen LogP contribution in [0.1, 0.15) is 38.5 Å². The van der Waals surface area contributed by atoms with Crippen LogP contribution in [0.2, 0.25) is 0 Å². The number of rotatable bonds is 4. The molecule has 0 aromatic rings. The lowest BCUT2D eigenvalue weighted by atomic mass is 10.1. The zero-order chi connectivity index (χ0) is 14.7. The van der Waals surface area contributed by atoms with Gasteiger partial charge in [-0.25, -0.2) is 0 Å². The summed E-state index contributed by atoms with van der Waals surface area (Å²) in [5, 5.41) is 6.41. The molecule has 0 spiro atoms. The molecule has 0 bridgehead atoms. The predicted octanol–water partition coefficient (Wildman–Crippen LogP) is 1.37. The van der Waals surface area contributed by atoms with E-state index < -0.39 is 0 Å². The summed E-state index contributed by atoms with van der Waals surface area (Å²) in [6.45, 7) is 1.73. The lowest BCUT2D eigenvalue weighted by Crippen LogP contribution is -2.50. The molecular weight excluding hydrogens is 322 g/mol. The predicted molar refractivity (Wildman–Crippen MR) is 91.2 cm³/mol. The number of halogens is 1. The van der Waals surface area contributed by atoms with Crippen molar-refractivity contribution in [2.45, 2.75) is 50.6 Å². The summed E-state index contributed by atoms with van der Waals surface area (Å²) in [4.78, 5) is 26.7. The van der Waals surface area contributed by atoms with Crippen molar-refractivity contribution in [1.82, 2.24) is 15.5 Å². The molecule has 1 saturated carbocycles. The highest BCUT2D eigenvalue weighted by atomic mass is 35.5. The maximum atomic E-state index is 12.5. The Morgan fingerprint density at radius 2 is 1.95 bits per heavy atom. The van der Waals surface area contributed by atoms with E-state index in [9.17, 15) is 9.59 Å². The van der Waals surface area contributed by atoms with Crippen molar-refractivity contribution < 1.29 is 9.59 Å². The van der Waals surface area contributed by atoms with Crippen LogP contribution >= 0.6 is 24.2 Å². The first-order chi connectivity index (χ1) is 10.3. The van der Waals surface area contributed by atoms with Gasteiger partial charge in [0.2, 0.25) is 11.8 Å². The highest BCUT2D eigenvalue weighted by molar-refractivity contribution is 7.99. The fraction of sp³-hybridized carbons (Fsp3) is 0.867. The molecular formula is C15H26ClN3O2S. The smallest absolute Gasteiger partial charge is 0.243 e. The van der Waals surface area contributed by atoms with Crippen molar-refractivity contribution in [1.29, 1.82) is 0 Å². The summed E-state index contributed by atoms with van der Waals surface area (Å²) in [7, 11) is 0. The Bertz CT molecular complexity index is 398. The molecule has 0 radical (unpaired) electrons. The standard InChI is InChI=1S/C15H25N3O2S.ClH/c19-14(17-8-12-6-3-7-16-12)13-9-21-10-18(13)15(20)11-4-1-2-5-11;/h11-13,16H,1-10H2,(H,17,19);1H. The Balaban J connectivity index is 0.00000176. The first kappa shape index (κ1) is 17.9. The summed E-state index contributed by atoms with van der Waals surface area (Å²) >= 11 is 1.69. The van der Waals surface area contributed by atoms with Crippen molar-refractivity contribution in [3.63, 3.8) is 0 Å². The number of hydrogen-bond acceptors (Lipinski definition) is 4. The first-order valence-corrected chi connectivity index (χ1v) is 9.30. The van der Waals surface area contributed by atoms with Gasteiger partial charge in [0.1, 0.15) is 6.04 Å². The second kappa shape index (κ2) is 8.41. The van der Waals surface area contributed by atoms with Crippen molar-refractivity contribution in [2.75, 3.05) is 24.7 Å². The summed E-state index contributed by atoms with van der Waals surface area (Å²) in [5.41, 5.74) is 0. The van der Waals surface area contributed by atoms with Crippen LogP contribution in [-0.2, 0) is 9.59 Å². The molecule has 3 fully saturated rings. The van der Waals surface area contributed by atoms with Crippen LogP contribution < -0.4 is 10.6 Å². The van der Waals surface area contributed by atoms with Gasteiger partial charge >= 0.3 is 0 Å². The Kier molecular flexibility index (Phi) is 6.84. The van der Waals surface area contributed by atoms with Gasteiger partial charge in [0.15, 0.2) is 0 Å². The lowest BCUT2D eigenvalue weighted by Gasteiger charge is -2.26. The van der Waals surface area contributed by atoms with Crippen molar-refractivity contribution in [3.05, 3.63) is 0 Å². The molecule has 7 heteroatoms. The second-order valence-electron chi connectivity index (χ2n) is 6.34. The molecule has 1 aliphatic carbocycles. The molecule has 0 aromatic carbocycles. The normalized spacial score (nSPS) is 28.6. The van der Waals surface area contributed by atoms with Gasteiger partial charge in [-0.2, -0.15) is 0 Å². The van der Waals surface area contributed by atoms with Crippen LogP contribution in [0.15, 0.2) is 0 Å². The largest absolute Gasteiger partial charge is 0.353 e. The van der Waals surface area contributed by atoms with E-state index in [1.54, 1.807) is 11.8 Å². The molecule has 2 saturated heterocycles. The Hall–Kier alpha value is -0.460. The van der Waals surface area contributed by atoms with E-state index in [2.05, 4.69) is 10.6 Å². The maximum Gasteiger partial charge on any atom is 0.243 e. The van der Waals surface area contributed by atoms with Crippen LogP contribution in [0, 0.1) is 5.92 Å². The van der Waals surface area contributed by atoms with E-state index >= 15 is 0 Å². The molecule has 2 heterocycles. The number of hydrogen-bond donors (Lipinski definition) is 2. The topological polar surface area (TPSA) is 61.4 Å². The average molecular weight is 348 g/mol. The van der Waals surface area contributed by atoms with Crippen LogP contribution in [-0.4, -0.2) is 53.5 Å². The van der Waals surface area contributed by atoms with E-state index in [0.717, 1.165) is 44.4 Å². The lowest BCUT2D eigenvalue weighted by molar-refractivity contribution is -0.141. The zero-order valence-electron chi connectivity index (χ0n) is 12.9. The van der Waals surface area contributed by atoms with Gasteiger partial charge in [-0.05, 0) is 32.2 Å². The third-order valence-corrected chi connectivity index (χ3v) is 5.87. The molecule has 126 valence electrons. The second-order valence-corrected chi connectivity index (χ2v) is 7.34.